The number of halogens is 1. The van der Waals surface area contributed by atoms with Crippen LogP contribution in [0.15, 0.2) is 59.4 Å². The van der Waals surface area contributed by atoms with Gasteiger partial charge in [0.15, 0.2) is 0 Å². The molecule has 10 nitrogen and oxygen atoms in total. The van der Waals surface area contributed by atoms with E-state index in [0.29, 0.717) is 60.7 Å². The maximum absolute atomic E-state index is 14.7. The molecule has 1 atom stereocenters. The molecule has 2 saturated heterocycles. The highest BCUT2D eigenvalue weighted by atomic mass is 32.1. The van der Waals surface area contributed by atoms with Crippen molar-refractivity contribution in [3.63, 3.8) is 0 Å². The summed E-state index contributed by atoms with van der Waals surface area (Å²) in [5.41, 5.74) is 5.02. The Bertz CT molecular complexity index is 2010. The zero-order valence-electron chi connectivity index (χ0n) is 26.9. The summed E-state index contributed by atoms with van der Waals surface area (Å²) >= 11 is 0.954. The van der Waals surface area contributed by atoms with Gasteiger partial charge in [-0.05, 0) is 80.3 Å². The molecule has 0 saturated carbocycles. The van der Waals surface area contributed by atoms with Gasteiger partial charge in [-0.25, -0.2) is 4.39 Å². The van der Waals surface area contributed by atoms with Crippen LogP contribution in [0, 0.1) is 12.7 Å². The van der Waals surface area contributed by atoms with Crippen molar-refractivity contribution in [1.29, 1.82) is 0 Å². The van der Waals surface area contributed by atoms with Gasteiger partial charge >= 0.3 is 4.87 Å². The summed E-state index contributed by atoms with van der Waals surface area (Å²) < 4.78 is 21.5. The highest BCUT2D eigenvalue weighted by molar-refractivity contribution is 7.16. The van der Waals surface area contributed by atoms with Crippen LogP contribution in [0.2, 0.25) is 0 Å². The highest BCUT2D eigenvalue weighted by Crippen LogP contribution is 2.33. The van der Waals surface area contributed by atoms with Crippen molar-refractivity contribution in [3.8, 4) is 5.75 Å². The SMILES string of the molecule is Cc1ccc2[nH]c(C(=O)N3CCOC4(CCN(Cc5cc(F)cc(CCNCC(O)c6ccc(O)c7[nH]c(=O)sc67)c5)CC4)C3)cc2c1. The Hall–Kier alpha value is -4.07. The largest absolute Gasteiger partial charge is 0.506 e. The van der Waals surface area contributed by atoms with Crippen molar-refractivity contribution in [2.45, 2.75) is 44.4 Å². The number of hydrogen-bond acceptors (Lipinski definition) is 8. The first-order valence-corrected chi connectivity index (χ1v) is 17.2. The highest BCUT2D eigenvalue weighted by Gasteiger charge is 2.41. The summed E-state index contributed by atoms with van der Waals surface area (Å²) in [6.45, 7) is 6.66. The number of piperidine rings is 1. The molecule has 4 heterocycles. The maximum atomic E-state index is 14.7. The predicted molar refractivity (Wildman–Crippen MR) is 184 cm³/mol. The third-order valence-electron chi connectivity index (χ3n) is 9.61. The smallest absolute Gasteiger partial charge is 0.305 e. The Labute approximate surface area is 281 Å². The molecule has 2 aromatic heterocycles. The molecule has 5 N–H and O–H groups in total. The lowest BCUT2D eigenvalue weighted by Crippen LogP contribution is -2.58. The minimum Gasteiger partial charge on any atom is -0.506 e. The number of carbonyl (C=O) groups is 1. The third-order valence-corrected chi connectivity index (χ3v) is 10.5. The van der Waals surface area contributed by atoms with Crippen molar-refractivity contribution in [2.75, 3.05) is 45.9 Å². The standard InChI is InChI=1S/C36H40FN5O5S/c1-22-2-4-28-25(14-22)18-29(39-28)34(45)42-12-13-47-36(21-42)7-10-41(11-8-36)20-24-15-23(16-26(37)17-24)6-9-38-19-31(44)27-3-5-30(43)32-33(27)48-35(46)40-32/h2-5,14-18,31,38-39,43-44H,6-13,19-21H2,1H3,(H,40,46). The lowest BCUT2D eigenvalue weighted by molar-refractivity contribution is -0.128. The van der Waals surface area contributed by atoms with Gasteiger partial charge in [0.2, 0.25) is 0 Å². The fraction of sp³-hybridized carbons (Fsp3) is 0.389. The summed E-state index contributed by atoms with van der Waals surface area (Å²) in [6.07, 6.45) is 1.30. The minimum absolute atomic E-state index is 0.00176. The van der Waals surface area contributed by atoms with Crippen LogP contribution >= 0.6 is 11.3 Å². The van der Waals surface area contributed by atoms with E-state index in [-0.39, 0.29) is 34.5 Å². The molecule has 2 aliphatic rings. The van der Waals surface area contributed by atoms with E-state index >= 15 is 0 Å². The fourth-order valence-corrected chi connectivity index (χ4v) is 7.99. The fourth-order valence-electron chi connectivity index (χ4n) is 7.07. The number of amides is 1. The number of fused-ring (bicyclic) bond motifs is 2. The molecule has 7 rings (SSSR count). The number of ether oxygens (including phenoxy) is 1. The van der Waals surface area contributed by atoms with Crippen LogP contribution in [0.25, 0.3) is 21.1 Å². The molecule has 0 aliphatic carbocycles. The van der Waals surface area contributed by atoms with Gasteiger partial charge in [0.25, 0.3) is 5.91 Å². The van der Waals surface area contributed by atoms with Crippen LogP contribution in [-0.4, -0.2) is 87.4 Å². The molecule has 1 spiro atoms. The number of phenols is 1. The summed E-state index contributed by atoms with van der Waals surface area (Å²) in [6, 6.07) is 16.3. The number of carbonyl (C=O) groups excluding carboxylic acids is 1. The Morgan fingerprint density at radius 1 is 1.08 bits per heavy atom. The van der Waals surface area contributed by atoms with E-state index in [1.54, 1.807) is 18.2 Å². The number of morpholine rings is 1. The van der Waals surface area contributed by atoms with Crippen LogP contribution in [0.1, 0.15) is 51.7 Å². The molecule has 0 radical (unpaired) electrons. The van der Waals surface area contributed by atoms with Gasteiger partial charge in [0.1, 0.15) is 22.8 Å². The molecule has 252 valence electrons. The van der Waals surface area contributed by atoms with Crippen LogP contribution in [0.5, 0.6) is 5.75 Å². The van der Waals surface area contributed by atoms with Crippen LogP contribution in [0.3, 0.4) is 0 Å². The average molecular weight is 674 g/mol. The number of aryl methyl sites for hydroxylation is 1. The van der Waals surface area contributed by atoms with Crippen molar-refractivity contribution >= 4 is 38.4 Å². The van der Waals surface area contributed by atoms with Crippen molar-refractivity contribution in [3.05, 3.63) is 98.0 Å². The second-order valence-corrected chi connectivity index (χ2v) is 14.1. The number of aliphatic hydroxyl groups excluding tert-OH is 1. The predicted octanol–water partition coefficient (Wildman–Crippen LogP) is 4.60. The Kier molecular flexibility index (Phi) is 9.10. The van der Waals surface area contributed by atoms with E-state index < -0.39 is 6.10 Å². The minimum atomic E-state index is -0.874. The van der Waals surface area contributed by atoms with E-state index in [1.807, 2.05) is 36.1 Å². The summed E-state index contributed by atoms with van der Waals surface area (Å²) in [5, 5.41) is 25.0. The first kappa shape index (κ1) is 32.5. The third kappa shape index (κ3) is 6.90. The maximum Gasteiger partial charge on any atom is 0.305 e. The van der Waals surface area contributed by atoms with Crippen molar-refractivity contribution in [2.24, 2.45) is 0 Å². The Balaban J connectivity index is 0.907. The van der Waals surface area contributed by atoms with Gasteiger partial charge in [0.05, 0.1) is 29.6 Å². The number of aliphatic hydroxyl groups is 1. The molecule has 12 heteroatoms. The molecule has 48 heavy (non-hydrogen) atoms. The molecule has 2 aliphatic heterocycles. The monoisotopic (exact) mass is 673 g/mol. The van der Waals surface area contributed by atoms with Gasteiger partial charge in [-0.3, -0.25) is 14.5 Å². The molecule has 1 unspecified atom stereocenters. The molecule has 1 amide bonds. The second-order valence-electron chi connectivity index (χ2n) is 13.1. The van der Waals surface area contributed by atoms with Crippen LogP contribution in [0.4, 0.5) is 4.39 Å². The first-order valence-electron chi connectivity index (χ1n) is 16.4. The van der Waals surface area contributed by atoms with Crippen LogP contribution in [-0.2, 0) is 17.7 Å². The lowest BCUT2D eigenvalue weighted by atomic mass is 9.89. The summed E-state index contributed by atoms with van der Waals surface area (Å²) in [7, 11) is 0. The first-order chi connectivity index (χ1) is 23.1. The number of likely N-dealkylation sites (tertiary alicyclic amines) is 1. The van der Waals surface area contributed by atoms with Crippen LogP contribution < -0.4 is 10.2 Å². The number of rotatable bonds is 9. The molecular weight excluding hydrogens is 633 g/mol. The molecular formula is C36H40FN5O5S. The Morgan fingerprint density at radius 3 is 2.73 bits per heavy atom. The molecule has 5 aromatic rings. The van der Waals surface area contributed by atoms with Gasteiger partial charge in [0, 0.05) is 49.2 Å². The van der Waals surface area contributed by atoms with Gasteiger partial charge in [-0.1, -0.05) is 35.1 Å². The number of hydrogen-bond donors (Lipinski definition) is 5. The quantitative estimate of drug-likeness (QED) is 0.145. The molecule has 3 aromatic carbocycles. The van der Waals surface area contributed by atoms with Crippen molar-refractivity contribution in [1.82, 2.24) is 25.1 Å². The number of nitrogens with one attached hydrogen (secondary N) is 3. The number of aromatic amines is 2. The normalized spacial score (nSPS) is 17.4. The lowest BCUT2D eigenvalue weighted by Gasteiger charge is -2.47. The molecule has 2 fully saturated rings. The van der Waals surface area contributed by atoms with E-state index in [0.717, 1.165) is 64.9 Å². The topological polar surface area (TPSA) is 134 Å². The number of thiazole rings is 1. The zero-order chi connectivity index (χ0) is 33.4. The van der Waals surface area contributed by atoms with Crippen molar-refractivity contribution < 1.29 is 24.1 Å². The second kappa shape index (κ2) is 13.4. The van der Waals surface area contributed by atoms with E-state index in [2.05, 4.69) is 26.3 Å². The van der Waals surface area contributed by atoms with E-state index in [9.17, 15) is 24.2 Å². The number of benzene rings is 3. The zero-order valence-corrected chi connectivity index (χ0v) is 27.7. The average Bonchev–Trinajstić information content (AvgIpc) is 3.67. The number of phenolic OH excluding ortho intramolecular Hbond substituents is 1. The number of aromatic hydroxyl groups is 1. The summed E-state index contributed by atoms with van der Waals surface area (Å²) in [5.74, 6) is -0.306. The molecule has 0 bridgehead atoms. The summed E-state index contributed by atoms with van der Waals surface area (Å²) in [4.78, 5) is 35.1. The number of H-pyrrole nitrogens is 2. The van der Waals surface area contributed by atoms with E-state index in [1.165, 1.54) is 6.07 Å². The number of nitrogens with zero attached hydrogens (tertiary/aromatic N) is 2. The van der Waals surface area contributed by atoms with Gasteiger partial charge in [-0.2, -0.15) is 0 Å². The Morgan fingerprint density at radius 2 is 1.90 bits per heavy atom. The van der Waals surface area contributed by atoms with E-state index in [4.69, 9.17) is 4.74 Å². The van der Waals surface area contributed by atoms with Gasteiger partial charge in [-0.15, -0.1) is 0 Å². The van der Waals surface area contributed by atoms with Gasteiger partial charge < -0.3 is 35.1 Å². The number of aromatic nitrogens is 2.